The van der Waals surface area contributed by atoms with Crippen molar-refractivity contribution in [2.24, 2.45) is 0 Å². The lowest BCUT2D eigenvalue weighted by atomic mass is 9.92. The molecule has 1 aliphatic rings. The fourth-order valence-electron chi connectivity index (χ4n) is 4.00. The van der Waals surface area contributed by atoms with E-state index in [-0.39, 0.29) is 6.04 Å². The summed E-state index contributed by atoms with van der Waals surface area (Å²) in [6, 6.07) is 12.3. The quantitative estimate of drug-likeness (QED) is 0.441. The lowest BCUT2D eigenvalue weighted by Crippen LogP contribution is -2.42. The number of allylic oxidation sites excluding steroid dienone is 2. The van der Waals surface area contributed by atoms with Gasteiger partial charge in [-0.1, -0.05) is 41.4 Å². The van der Waals surface area contributed by atoms with Crippen LogP contribution >= 0.6 is 23.2 Å². The Morgan fingerprint density at radius 1 is 1.13 bits per heavy atom. The number of ether oxygens (including phenoxy) is 1. The van der Waals surface area contributed by atoms with E-state index in [0.717, 1.165) is 22.2 Å². The maximum absolute atomic E-state index is 13.2. The maximum atomic E-state index is 13.2. The van der Waals surface area contributed by atoms with Crippen molar-refractivity contribution < 1.29 is 9.53 Å². The zero-order valence-electron chi connectivity index (χ0n) is 16.8. The van der Waals surface area contributed by atoms with Gasteiger partial charge >= 0.3 is 6.09 Å². The number of carbonyl (C=O) groups is 1. The Balaban J connectivity index is 1.76. The molecule has 0 fully saturated rings. The highest BCUT2D eigenvalue weighted by atomic mass is 35.5. The largest absolute Gasteiger partial charge is 0.416 e. The van der Waals surface area contributed by atoms with Gasteiger partial charge in [0, 0.05) is 33.2 Å². The average Bonchev–Trinajstić information content (AvgIpc) is 3.11. The number of halogens is 2. The van der Waals surface area contributed by atoms with E-state index in [9.17, 15) is 4.79 Å². The third-order valence-corrected chi connectivity index (χ3v) is 5.84. The predicted octanol–water partition coefficient (Wildman–Crippen LogP) is 7.10. The van der Waals surface area contributed by atoms with Gasteiger partial charge in [-0.15, -0.1) is 0 Å². The molecule has 0 saturated carbocycles. The fraction of sp³-hybridized carbons (Fsp3) is 0.208. The van der Waals surface area contributed by atoms with Crippen LogP contribution in [0, 0.1) is 0 Å². The zero-order valence-corrected chi connectivity index (χ0v) is 18.3. The number of aromatic nitrogens is 1. The Kier molecular flexibility index (Phi) is 5.89. The highest BCUT2D eigenvalue weighted by Crippen LogP contribution is 2.40. The van der Waals surface area contributed by atoms with E-state index < -0.39 is 6.09 Å². The Morgan fingerprint density at radius 2 is 1.87 bits per heavy atom. The number of amides is 1. The summed E-state index contributed by atoms with van der Waals surface area (Å²) in [5.41, 5.74) is 4.22. The van der Waals surface area contributed by atoms with Crippen molar-refractivity contribution in [2.45, 2.75) is 26.3 Å². The molecule has 4 nitrogen and oxygen atoms in total. The predicted molar refractivity (Wildman–Crippen MR) is 123 cm³/mol. The van der Waals surface area contributed by atoms with Gasteiger partial charge in [-0.05, 0) is 73.9 Å². The van der Waals surface area contributed by atoms with Crippen molar-refractivity contribution in [3.63, 3.8) is 0 Å². The molecule has 1 atom stereocenters. The molecular formula is C24H22Cl2N2O2. The van der Waals surface area contributed by atoms with E-state index >= 15 is 0 Å². The Morgan fingerprint density at radius 3 is 2.57 bits per heavy atom. The molecule has 2 heterocycles. The summed E-state index contributed by atoms with van der Waals surface area (Å²) in [6.07, 6.45) is 6.36. The number of hydrogen-bond donors (Lipinski definition) is 1. The standard InChI is InChI=1S/C24H22Cl2N2O2/c1-3-5-15(4-2)23-22-19(20-14-17(26)8-11-21(20)27-22)12-13-28(23)24(29)30-18-9-6-16(25)7-10-18/h3-11,14,23,27H,12-13H2,1-2H3/b5-3-,15-4+. The summed E-state index contributed by atoms with van der Waals surface area (Å²) >= 11 is 12.2. The molecule has 154 valence electrons. The zero-order chi connectivity index (χ0) is 21.3. The minimum absolute atomic E-state index is 0.277. The van der Waals surface area contributed by atoms with Gasteiger partial charge in [0.25, 0.3) is 0 Å². The van der Waals surface area contributed by atoms with E-state index in [1.807, 2.05) is 50.3 Å². The van der Waals surface area contributed by atoms with Crippen molar-refractivity contribution in [1.82, 2.24) is 9.88 Å². The average molecular weight is 441 g/mol. The van der Waals surface area contributed by atoms with Crippen LogP contribution < -0.4 is 4.74 Å². The molecule has 6 heteroatoms. The molecule has 3 aromatic rings. The summed E-state index contributed by atoms with van der Waals surface area (Å²) in [5.74, 6) is 0.463. The smallest absolute Gasteiger partial charge is 0.410 e. The highest BCUT2D eigenvalue weighted by Gasteiger charge is 2.36. The first-order valence-electron chi connectivity index (χ1n) is 9.84. The molecule has 1 aliphatic heterocycles. The fourth-order valence-corrected chi connectivity index (χ4v) is 4.30. The summed E-state index contributed by atoms with van der Waals surface area (Å²) in [4.78, 5) is 18.4. The van der Waals surface area contributed by atoms with Gasteiger partial charge < -0.3 is 9.72 Å². The van der Waals surface area contributed by atoms with Gasteiger partial charge in [0.2, 0.25) is 0 Å². The molecule has 0 bridgehead atoms. The number of nitrogens with one attached hydrogen (secondary N) is 1. The van der Waals surface area contributed by atoms with Crippen molar-refractivity contribution in [3.8, 4) is 5.75 Å². The van der Waals surface area contributed by atoms with Gasteiger partial charge in [-0.2, -0.15) is 0 Å². The minimum Gasteiger partial charge on any atom is -0.410 e. The van der Waals surface area contributed by atoms with E-state index in [4.69, 9.17) is 27.9 Å². The second kappa shape index (κ2) is 8.58. The molecule has 0 spiro atoms. The van der Waals surface area contributed by atoms with Gasteiger partial charge in [0.05, 0.1) is 0 Å². The number of nitrogens with zero attached hydrogens (tertiary/aromatic N) is 1. The van der Waals surface area contributed by atoms with Crippen LogP contribution in [-0.2, 0) is 6.42 Å². The van der Waals surface area contributed by atoms with Crippen LogP contribution in [0.3, 0.4) is 0 Å². The molecule has 1 aromatic heterocycles. The van der Waals surface area contributed by atoms with Crippen LogP contribution in [0.15, 0.2) is 66.3 Å². The summed E-state index contributed by atoms with van der Waals surface area (Å²) in [6.45, 7) is 4.49. The molecule has 1 N–H and O–H groups in total. The topological polar surface area (TPSA) is 45.3 Å². The monoisotopic (exact) mass is 440 g/mol. The van der Waals surface area contributed by atoms with E-state index in [1.165, 1.54) is 5.56 Å². The number of rotatable bonds is 3. The molecule has 1 amide bonds. The minimum atomic E-state index is -0.395. The first-order chi connectivity index (χ1) is 14.5. The van der Waals surface area contributed by atoms with Crippen molar-refractivity contribution in [3.05, 3.63) is 87.6 Å². The van der Waals surface area contributed by atoms with Crippen molar-refractivity contribution >= 4 is 40.2 Å². The van der Waals surface area contributed by atoms with Crippen LogP contribution in [0.1, 0.15) is 31.1 Å². The highest BCUT2D eigenvalue weighted by molar-refractivity contribution is 6.31. The van der Waals surface area contributed by atoms with Crippen LogP contribution in [0.5, 0.6) is 5.75 Å². The molecular weight excluding hydrogens is 419 g/mol. The van der Waals surface area contributed by atoms with Crippen molar-refractivity contribution in [2.75, 3.05) is 6.54 Å². The third kappa shape index (κ3) is 3.85. The van der Waals surface area contributed by atoms with E-state index in [2.05, 4.69) is 4.98 Å². The van der Waals surface area contributed by atoms with E-state index in [1.54, 1.807) is 29.2 Å². The van der Waals surface area contributed by atoms with Crippen LogP contribution in [0.25, 0.3) is 10.9 Å². The third-order valence-electron chi connectivity index (χ3n) is 5.35. The lowest BCUT2D eigenvalue weighted by Gasteiger charge is -2.35. The SMILES string of the molecule is C/C=C\C(=C/C)C1c2[nH]c3ccc(Cl)cc3c2CCN1C(=O)Oc1ccc(Cl)cc1. The molecule has 0 radical (unpaired) electrons. The number of hydrogen-bond acceptors (Lipinski definition) is 2. The Bertz CT molecular complexity index is 1150. The maximum Gasteiger partial charge on any atom is 0.416 e. The number of benzene rings is 2. The number of carbonyl (C=O) groups excluding carboxylic acids is 1. The van der Waals surface area contributed by atoms with Gasteiger partial charge in [-0.25, -0.2) is 4.79 Å². The molecule has 2 aromatic carbocycles. The molecule has 30 heavy (non-hydrogen) atoms. The lowest BCUT2D eigenvalue weighted by molar-refractivity contribution is 0.135. The summed E-state index contributed by atoms with van der Waals surface area (Å²) in [5, 5.41) is 2.39. The molecule has 1 unspecified atom stereocenters. The number of fused-ring (bicyclic) bond motifs is 3. The Labute approximate surface area is 185 Å². The first kappa shape index (κ1) is 20.6. The van der Waals surface area contributed by atoms with E-state index in [0.29, 0.717) is 28.8 Å². The van der Waals surface area contributed by atoms with Crippen LogP contribution in [0.4, 0.5) is 4.79 Å². The summed E-state index contributed by atoms with van der Waals surface area (Å²) in [7, 11) is 0. The second-order valence-electron chi connectivity index (χ2n) is 7.16. The number of aromatic amines is 1. The Hall–Kier alpha value is -2.69. The molecule has 0 saturated heterocycles. The molecule has 0 aliphatic carbocycles. The first-order valence-corrected chi connectivity index (χ1v) is 10.6. The number of H-pyrrole nitrogens is 1. The van der Waals surface area contributed by atoms with Crippen LogP contribution in [-0.4, -0.2) is 22.5 Å². The van der Waals surface area contributed by atoms with Crippen molar-refractivity contribution in [1.29, 1.82) is 0 Å². The summed E-state index contributed by atoms with van der Waals surface area (Å²) < 4.78 is 5.66. The normalized spacial score (nSPS) is 16.9. The molecule has 4 rings (SSSR count). The van der Waals surface area contributed by atoms with Gasteiger partial charge in [0.15, 0.2) is 0 Å². The van der Waals surface area contributed by atoms with Crippen LogP contribution in [0.2, 0.25) is 10.0 Å². The second-order valence-corrected chi connectivity index (χ2v) is 8.04. The van der Waals surface area contributed by atoms with Gasteiger partial charge in [0.1, 0.15) is 11.8 Å². The van der Waals surface area contributed by atoms with Gasteiger partial charge in [-0.3, -0.25) is 4.90 Å².